The Labute approximate surface area is 140 Å². The van der Waals surface area contributed by atoms with Crippen molar-refractivity contribution < 1.29 is 14.4 Å². The fourth-order valence-corrected chi connectivity index (χ4v) is 2.75. The van der Waals surface area contributed by atoms with Gasteiger partial charge in [0.25, 0.3) is 0 Å². The molecule has 0 spiro atoms. The zero-order valence-electron chi connectivity index (χ0n) is 13.2. The minimum absolute atomic E-state index is 0.0369. The predicted molar refractivity (Wildman–Crippen MR) is 88.7 cm³/mol. The quantitative estimate of drug-likeness (QED) is 0.804. The maximum absolute atomic E-state index is 12.5. The Bertz CT molecular complexity index is 680. The topological polar surface area (TPSA) is 57.7 Å². The summed E-state index contributed by atoms with van der Waals surface area (Å²) in [5.74, 6) is -1.39. The van der Waals surface area contributed by atoms with Crippen molar-refractivity contribution in [3.63, 3.8) is 0 Å². The molecular formula is C19H18N2O3. The third-order valence-corrected chi connectivity index (χ3v) is 3.92. The molecule has 1 heterocycles. The Morgan fingerprint density at radius 3 is 1.38 bits per heavy atom. The first-order valence-electron chi connectivity index (χ1n) is 7.81. The van der Waals surface area contributed by atoms with E-state index in [0.717, 1.165) is 11.1 Å². The second-order valence-electron chi connectivity index (χ2n) is 5.83. The van der Waals surface area contributed by atoms with E-state index in [1.165, 1.54) is 9.80 Å². The largest absolute Gasteiger partial charge is 0.323 e. The fraction of sp³-hybridized carbons (Fsp3) is 0.211. The van der Waals surface area contributed by atoms with E-state index in [4.69, 9.17) is 0 Å². The SMILES string of the molecule is O=C1CN(Cc2ccccc2)C(=O)C(=O)N(Cc2ccccc2)C1. The molecule has 2 aromatic carbocycles. The van der Waals surface area contributed by atoms with Gasteiger partial charge in [0.05, 0.1) is 13.1 Å². The third-order valence-electron chi connectivity index (χ3n) is 3.92. The van der Waals surface area contributed by atoms with E-state index in [9.17, 15) is 14.4 Å². The maximum atomic E-state index is 12.5. The number of hydrogen-bond donors (Lipinski definition) is 0. The molecule has 0 radical (unpaired) electrons. The van der Waals surface area contributed by atoms with Crippen LogP contribution in [0.15, 0.2) is 60.7 Å². The predicted octanol–water partition coefficient (Wildman–Crippen LogP) is 1.63. The lowest BCUT2D eigenvalue weighted by molar-refractivity contribution is -0.150. The average molecular weight is 322 g/mol. The summed E-state index contributed by atoms with van der Waals surface area (Å²) >= 11 is 0. The lowest BCUT2D eigenvalue weighted by atomic mass is 10.2. The van der Waals surface area contributed by atoms with Crippen LogP contribution in [0, 0.1) is 0 Å². The minimum atomic E-state index is -0.624. The van der Waals surface area contributed by atoms with Crippen molar-refractivity contribution in [1.29, 1.82) is 0 Å². The van der Waals surface area contributed by atoms with Crippen LogP contribution in [0.4, 0.5) is 0 Å². The molecule has 1 aliphatic rings. The summed E-state index contributed by atoms with van der Waals surface area (Å²) in [7, 11) is 0. The van der Waals surface area contributed by atoms with Crippen LogP contribution in [0.3, 0.4) is 0 Å². The van der Waals surface area contributed by atoms with Crippen LogP contribution in [-0.4, -0.2) is 40.5 Å². The number of benzene rings is 2. The highest BCUT2D eigenvalue weighted by Gasteiger charge is 2.33. The minimum Gasteiger partial charge on any atom is -0.323 e. The lowest BCUT2D eigenvalue weighted by Gasteiger charge is -2.20. The maximum Gasteiger partial charge on any atom is 0.312 e. The van der Waals surface area contributed by atoms with Gasteiger partial charge in [0.15, 0.2) is 5.78 Å². The van der Waals surface area contributed by atoms with Crippen molar-refractivity contribution in [2.24, 2.45) is 0 Å². The molecule has 3 rings (SSSR count). The van der Waals surface area contributed by atoms with E-state index in [2.05, 4.69) is 0 Å². The van der Waals surface area contributed by atoms with Crippen LogP contribution in [-0.2, 0) is 27.5 Å². The second-order valence-corrected chi connectivity index (χ2v) is 5.83. The standard InChI is InChI=1S/C19H18N2O3/c22-17-13-20(11-15-7-3-1-4-8-15)18(23)19(24)21(14-17)12-16-9-5-2-6-10-16/h1-10H,11-14H2. The van der Waals surface area contributed by atoms with Crippen LogP contribution in [0.1, 0.15) is 11.1 Å². The molecule has 24 heavy (non-hydrogen) atoms. The van der Waals surface area contributed by atoms with Gasteiger partial charge >= 0.3 is 11.8 Å². The Morgan fingerprint density at radius 1 is 0.625 bits per heavy atom. The van der Waals surface area contributed by atoms with Gasteiger partial charge in [-0.15, -0.1) is 0 Å². The molecule has 0 saturated carbocycles. The smallest absolute Gasteiger partial charge is 0.312 e. The molecule has 0 atom stereocenters. The van der Waals surface area contributed by atoms with Gasteiger partial charge in [-0.25, -0.2) is 0 Å². The number of hydrogen-bond acceptors (Lipinski definition) is 3. The molecule has 1 saturated heterocycles. The van der Waals surface area contributed by atoms with Crippen molar-refractivity contribution in [1.82, 2.24) is 9.80 Å². The monoisotopic (exact) mass is 322 g/mol. The summed E-state index contributed by atoms with van der Waals surface area (Å²) in [5.41, 5.74) is 1.78. The summed E-state index contributed by atoms with van der Waals surface area (Å²) < 4.78 is 0. The highest BCUT2D eigenvalue weighted by molar-refractivity contribution is 6.36. The van der Waals surface area contributed by atoms with Crippen molar-refractivity contribution in [2.75, 3.05) is 13.1 Å². The summed E-state index contributed by atoms with van der Waals surface area (Å²) in [6.45, 7) is 0.447. The number of rotatable bonds is 4. The van der Waals surface area contributed by atoms with E-state index in [1.54, 1.807) is 0 Å². The van der Waals surface area contributed by atoms with Gasteiger partial charge in [-0.3, -0.25) is 14.4 Å². The van der Waals surface area contributed by atoms with Gasteiger partial charge in [-0.05, 0) is 11.1 Å². The number of amides is 2. The molecule has 0 aromatic heterocycles. The molecule has 122 valence electrons. The molecule has 0 bridgehead atoms. The molecule has 0 aliphatic carbocycles. The van der Waals surface area contributed by atoms with Crippen LogP contribution in [0.5, 0.6) is 0 Å². The molecular weight excluding hydrogens is 304 g/mol. The highest BCUT2D eigenvalue weighted by Crippen LogP contribution is 2.12. The zero-order chi connectivity index (χ0) is 16.9. The van der Waals surface area contributed by atoms with Crippen molar-refractivity contribution in [3.05, 3.63) is 71.8 Å². The number of nitrogens with zero attached hydrogens (tertiary/aromatic N) is 2. The van der Waals surface area contributed by atoms with E-state index in [0.29, 0.717) is 0 Å². The Hall–Kier alpha value is -2.95. The van der Waals surface area contributed by atoms with Gasteiger partial charge in [-0.2, -0.15) is 0 Å². The third kappa shape index (κ3) is 3.68. The van der Waals surface area contributed by atoms with Gasteiger partial charge in [0, 0.05) is 13.1 Å². The van der Waals surface area contributed by atoms with E-state index < -0.39 is 11.8 Å². The van der Waals surface area contributed by atoms with Crippen molar-refractivity contribution in [3.8, 4) is 0 Å². The van der Waals surface area contributed by atoms with Crippen molar-refractivity contribution in [2.45, 2.75) is 13.1 Å². The van der Waals surface area contributed by atoms with E-state index in [-0.39, 0.29) is 32.0 Å². The molecule has 1 aliphatic heterocycles. The van der Waals surface area contributed by atoms with Gasteiger partial charge < -0.3 is 9.80 Å². The van der Waals surface area contributed by atoms with Crippen LogP contribution >= 0.6 is 0 Å². The Kier molecular flexibility index (Phi) is 4.70. The average Bonchev–Trinajstić information content (AvgIpc) is 2.69. The second kappa shape index (κ2) is 7.08. The van der Waals surface area contributed by atoms with Gasteiger partial charge in [0.1, 0.15) is 0 Å². The Morgan fingerprint density at radius 2 is 1.00 bits per heavy atom. The fourth-order valence-electron chi connectivity index (χ4n) is 2.75. The zero-order valence-corrected chi connectivity index (χ0v) is 13.2. The van der Waals surface area contributed by atoms with Gasteiger partial charge in [0.2, 0.25) is 0 Å². The summed E-state index contributed by atoms with van der Waals surface area (Å²) in [6.07, 6.45) is 0. The van der Waals surface area contributed by atoms with Crippen LogP contribution in [0.25, 0.3) is 0 Å². The van der Waals surface area contributed by atoms with Crippen LogP contribution < -0.4 is 0 Å². The number of ketones is 1. The summed E-state index contributed by atoms with van der Waals surface area (Å²) in [4.78, 5) is 39.8. The lowest BCUT2D eigenvalue weighted by Crippen LogP contribution is -2.41. The molecule has 5 nitrogen and oxygen atoms in total. The molecule has 2 amide bonds. The van der Waals surface area contributed by atoms with E-state index in [1.807, 2.05) is 60.7 Å². The molecule has 0 unspecified atom stereocenters. The first-order chi connectivity index (χ1) is 11.6. The van der Waals surface area contributed by atoms with Crippen molar-refractivity contribution >= 4 is 17.6 Å². The first-order valence-corrected chi connectivity index (χ1v) is 7.81. The number of carbonyl (C=O) groups excluding carboxylic acids is 3. The van der Waals surface area contributed by atoms with E-state index >= 15 is 0 Å². The summed E-state index contributed by atoms with van der Waals surface area (Å²) in [6, 6.07) is 18.7. The number of carbonyl (C=O) groups is 3. The number of Topliss-reactive ketones (excluding diaryl/α,β-unsaturated/α-hetero) is 1. The molecule has 1 fully saturated rings. The Balaban J connectivity index is 1.76. The molecule has 5 heteroatoms. The molecule has 0 N–H and O–H groups in total. The first kappa shape index (κ1) is 15.9. The summed E-state index contributed by atoms with van der Waals surface area (Å²) in [5, 5.41) is 0. The van der Waals surface area contributed by atoms with Crippen LogP contribution in [0.2, 0.25) is 0 Å². The van der Waals surface area contributed by atoms with Gasteiger partial charge in [-0.1, -0.05) is 60.7 Å². The highest BCUT2D eigenvalue weighted by atomic mass is 16.2. The molecule has 2 aromatic rings. The normalized spacial score (nSPS) is 15.6.